The zero-order valence-electron chi connectivity index (χ0n) is 11.9. The standard InChI is InChI=1S/C16H20ClFO2S/c17-13-7-12(8-14(18)9-13)15(19)11-1-4-20-16(10-11)2-5-21-6-3-16/h7-9,11,15,19H,1-6,10H2. The summed E-state index contributed by atoms with van der Waals surface area (Å²) in [6, 6.07) is 4.31. The lowest BCUT2D eigenvalue weighted by Gasteiger charge is -2.44. The van der Waals surface area contributed by atoms with Crippen LogP contribution in [0.4, 0.5) is 4.39 Å². The summed E-state index contributed by atoms with van der Waals surface area (Å²) in [6.45, 7) is 0.676. The molecule has 2 aliphatic heterocycles. The highest BCUT2D eigenvalue weighted by Gasteiger charge is 2.41. The van der Waals surface area contributed by atoms with E-state index in [0.717, 1.165) is 37.2 Å². The van der Waals surface area contributed by atoms with Gasteiger partial charge in [0.05, 0.1) is 11.7 Å². The predicted octanol–water partition coefficient (Wildman–Crippen LogP) is 4.20. The van der Waals surface area contributed by atoms with Gasteiger partial charge >= 0.3 is 0 Å². The van der Waals surface area contributed by atoms with E-state index in [-0.39, 0.29) is 11.5 Å². The van der Waals surface area contributed by atoms with E-state index in [4.69, 9.17) is 16.3 Å². The van der Waals surface area contributed by atoms with E-state index in [0.29, 0.717) is 17.2 Å². The number of thioether (sulfide) groups is 1. The highest BCUT2D eigenvalue weighted by atomic mass is 35.5. The molecule has 1 aromatic rings. The normalized spacial score (nSPS) is 26.7. The molecule has 0 radical (unpaired) electrons. The van der Waals surface area contributed by atoms with Gasteiger partial charge in [-0.25, -0.2) is 4.39 Å². The molecule has 2 nitrogen and oxygen atoms in total. The summed E-state index contributed by atoms with van der Waals surface area (Å²) in [6.07, 6.45) is 3.08. The van der Waals surface area contributed by atoms with Gasteiger partial charge in [-0.05, 0) is 66.9 Å². The van der Waals surface area contributed by atoms with Crippen LogP contribution in [0, 0.1) is 11.7 Å². The first-order valence-corrected chi connectivity index (χ1v) is 8.97. The average Bonchev–Trinajstić information content (AvgIpc) is 2.46. The Morgan fingerprint density at radius 3 is 2.81 bits per heavy atom. The van der Waals surface area contributed by atoms with Crippen LogP contribution in [-0.2, 0) is 4.74 Å². The van der Waals surface area contributed by atoms with E-state index in [9.17, 15) is 9.50 Å². The maximum Gasteiger partial charge on any atom is 0.125 e. The lowest BCUT2D eigenvalue weighted by atomic mass is 9.78. The average molecular weight is 331 g/mol. The molecular formula is C16H20ClFO2S. The first kappa shape index (κ1) is 15.6. The van der Waals surface area contributed by atoms with Crippen LogP contribution in [0.5, 0.6) is 0 Å². The minimum atomic E-state index is -0.673. The second-order valence-corrected chi connectivity index (χ2v) is 7.71. The van der Waals surface area contributed by atoms with Crippen molar-refractivity contribution in [2.75, 3.05) is 18.1 Å². The summed E-state index contributed by atoms with van der Waals surface area (Å²) in [5, 5.41) is 11.0. The minimum Gasteiger partial charge on any atom is -0.388 e. The summed E-state index contributed by atoms with van der Waals surface area (Å²) < 4.78 is 19.5. The van der Waals surface area contributed by atoms with Gasteiger partial charge in [-0.15, -0.1) is 0 Å². The van der Waals surface area contributed by atoms with E-state index < -0.39 is 11.9 Å². The smallest absolute Gasteiger partial charge is 0.125 e. The number of aliphatic hydroxyl groups excluding tert-OH is 1. The van der Waals surface area contributed by atoms with Crippen molar-refractivity contribution in [2.45, 2.75) is 37.4 Å². The van der Waals surface area contributed by atoms with E-state index in [1.807, 2.05) is 11.8 Å². The Morgan fingerprint density at radius 1 is 1.33 bits per heavy atom. The fourth-order valence-electron chi connectivity index (χ4n) is 3.45. The van der Waals surface area contributed by atoms with Crippen LogP contribution in [0.2, 0.25) is 5.02 Å². The van der Waals surface area contributed by atoms with E-state index in [2.05, 4.69) is 0 Å². The molecule has 0 bridgehead atoms. The Morgan fingerprint density at radius 2 is 2.10 bits per heavy atom. The molecule has 2 aliphatic rings. The molecule has 3 rings (SSSR count). The molecule has 2 fully saturated rings. The van der Waals surface area contributed by atoms with Gasteiger partial charge in [-0.1, -0.05) is 11.6 Å². The van der Waals surface area contributed by atoms with Crippen molar-refractivity contribution in [2.24, 2.45) is 5.92 Å². The number of halogens is 2. The Kier molecular flexibility index (Phi) is 4.79. The fourth-order valence-corrected chi connectivity index (χ4v) is 4.91. The molecule has 2 unspecified atom stereocenters. The van der Waals surface area contributed by atoms with Gasteiger partial charge in [0.25, 0.3) is 0 Å². The zero-order valence-corrected chi connectivity index (χ0v) is 13.4. The first-order chi connectivity index (χ1) is 10.1. The third kappa shape index (κ3) is 3.55. The van der Waals surface area contributed by atoms with Crippen LogP contribution < -0.4 is 0 Å². The van der Waals surface area contributed by atoms with Gasteiger partial charge in [-0.2, -0.15) is 11.8 Å². The number of hydrogen-bond donors (Lipinski definition) is 1. The lowest BCUT2D eigenvalue weighted by Crippen LogP contribution is -2.44. The van der Waals surface area contributed by atoms with Gasteiger partial charge in [0.2, 0.25) is 0 Å². The summed E-state index contributed by atoms with van der Waals surface area (Å²) >= 11 is 7.86. The van der Waals surface area contributed by atoms with Crippen LogP contribution >= 0.6 is 23.4 Å². The molecule has 0 amide bonds. The van der Waals surface area contributed by atoms with Crippen LogP contribution in [-0.4, -0.2) is 28.8 Å². The maximum absolute atomic E-state index is 13.5. The molecule has 1 N–H and O–H groups in total. The molecule has 5 heteroatoms. The van der Waals surface area contributed by atoms with E-state index in [1.54, 1.807) is 6.07 Å². The zero-order chi connectivity index (χ0) is 14.9. The second-order valence-electron chi connectivity index (χ2n) is 6.04. The van der Waals surface area contributed by atoms with Gasteiger partial charge in [0.1, 0.15) is 5.82 Å². The Balaban J connectivity index is 1.76. The SMILES string of the molecule is OC(c1cc(F)cc(Cl)c1)C1CCOC2(CCSCC2)C1. The molecule has 21 heavy (non-hydrogen) atoms. The molecule has 2 saturated heterocycles. The van der Waals surface area contributed by atoms with Crippen molar-refractivity contribution in [3.05, 3.63) is 34.6 Å². The summed E-state index contributed by atoms with van der Waals surface area (Å²) in [4.78, 5) is 0. The van der Waals surface area contributed by atoms with Crippen molar-refractivity contribution >= 4 is 23.4 Å². The Hall–Kier alpha value is -0.290. The van der Waals surface area contributed by atoms with E-state index in [1.165, 1.54) is 12.1 Å². The van der Waals surface area contributed by atoms with Crippen LogP contribution in [0.3, 0.4) is 0 Å². The molecule has 0 aromatic heterocycles. The maximum atomic E-state index is 13.5. The Labute approximate surface area is 134 Å². The molecule has 2 atom stereocenters. The van der Waals surface area contributed by atoms with Gasteiger partial charge < -0.3 is 9.84 Å². The molecular weight excluding hydrogens is 311 g/mol. The van der Waals surface area contributed by atoms with Crippen molar-refractivity contribution in [3.8, 4) is 0 Å². The highest BCUT2D eigenvalue weighted by Crippen LogP contribution is 2.43. The quantitative estimate of drug-likeness (QED) is 0.881. The summed E-state index contributed by atoms with van der Waals surface area (Å²) in [5.74, 6) is 1.95. The van der Waals surface area contributed by atoms with Crippen molar-refractivity contribution in [1.82, 2.24) is 0 Å². The van der Waals surface area contributed by atoms with E-state index >= 15 is 0 Å². The number of ether oxygens (including phenoxy) is 1. The van der Waals surface area contributed by atoms with Gasteiger partial charge in [-0.3, -0.25) is 0 Å². The monoisotopic (exact) mass is 330 g/mol. The number of hydrogen-bond acceptors (Lipinski definition) is 3. The van der Waals surface area contributed by atoms with Crippen LogP contribution in [0.25, 0.3) is 0 Å². The number of benzene rings is 1. The van der Waals surface area contributed by atoms with Gasteiger partial charge in [0, 0.05) is 11.6 Å². The molecule has 116 valence electrons. The van der Waals surface area contributed by atoms with Crippen LogP contribution in [0.1, 0.15) is 37.4 Å². The summed E-state index contributed by atoms with van der Waals surface area (Å²) in [5.41, 5.74) is 0.499. The first-order valence-electron chi connectivity index (χ1n) is 7.44. The number of rotatable bonds is 2. The third-order valence-corrected chi connectivity index (χ3v) is 5.81. The minimum absolute atomic E-state index is 0.0771. The van der Waals surface area contributed by atoms with Crippen molar-refractivity contribution in [3.63, 3.8) is 0 Å². The predicted molar refractivity (Wildman–Crippen MR) is 84.3 cm³/mol. The second kappa shape index (κ2) is 6.45. The molecule has 2 heterocycles. The van der Waals surface area contributed by atoms with Crippen molar-refractivity contribution < 1.29 is 14.2 Å². The third-order valence-electron chi connectivity index (χ3n) is 4.61. The summed E-state index contributed by atoms with van der Waals surface area (Å²) in [7, 11) is 0. The fraction of sp³-hybridized carbons (Fsp3) is 0.625. The molecule has 0 aliphatic carbocycles. The topological polar surface area (TPSA) is 29.5 Å². The molecule has 1 spiro atoms. The number of aliphatic hydroxyl groups is 1. The Bertz CT molecular complexity index is 479. The molecule has 1 aromatic carbocycles. The van der Waals surface area contributed by atoms with Crippen molar-refractivity contribution in [1.29, 1.82) is 0 Å². The largest absolute Gasteiger partial charge is 0.388 e. The lowest BCUT2D eigenvalue weighted by molar-refractivity contribution is -0.121. The molecule has 0 saturated carbocycles. The highest BCUT2D eigenvalue weighted by molar-refractivity contribution is 7.99. The van der Waals surface area contributed by atoms with Crippen LogP contribution in [0.15, 0.2) is 18.2 Å². The van der Waals surface area contributed by atoms with Gasteiger partial charge in [0.15, 0.2) is 0 Å².